The smallest absolute Gasteiger partial charge is 0.0431 e. The lowest BCUT2D eigenvalue weighted by Gasteiger charge is -2.23. The summed E-state index contributed by atoms with van der Waals surface area (Å²) in [7, 11) is 2.13. The van der Waals surface area contributed by atoms with Crippen LogP contribution >= 0.6 is 11.6 Å². The third-order valence-electron chi connectivity index (χ3n) is 3.76. The molecule has 1 saturated carbocycles. The summed E-state index contributed by atoms with van der Waals surface area (Å²) in [6, 6.07) is 6.84. The van der Waals surface area contributed by atoms with Crippen molar-refractivity contribution in [1.29, 1.82) is 0 Å². The van der Waals surface area contributed by atoms with Crippen LogP contribution in [0.2, 0.25) is 5.02 Å². The Kier molecular flexibility index (Phi) is 6.14. The summed E-state index contributed by atoms with van der Waals surface area (Å²) in [4.78, 5) is 2.29. The van der Waals surface area contributed by atoms with Gasteiger partial charge in [0.15, 0.2) is 0 Å². The van der Waals surface area contributed by atoms with Crippen molar-refractivity contribution in [3.63, 3.8) is 0 Å². The Morgan fingerprint density at radius 3 is 2.80 bits per heavy atom. The molecule has 1 aromatic rings. The molecule has 0 aliphatic heterocycles. The van der Waals surface area contributed by atoms with Crippen molar-refractivity contribution >= 4 is 17.3 Å². The van der Waals surface area contributed by atoms with Crippen LogP contribution in [0.5, 0.6) is 0 Å². The third-order valence-corrected chi connectivity index (χ3v) is 4.00. The van der Waals surface area contributed by atoms with E-state index in [9.17, 15) is 0 Å². The van der Waals surface area contributed by atoms with Crippen LogP contribution in [-0.2, 0) is 6.54 Å². The second-order valence-electron chi connectivity index (χ2n) is 5.63. The van der Waals surface area contributed by atoms with E-state index in [1.54, 1.807) is 0 Å². The zero-order chi connectivity index (χ0) is 14.4. The van der Waals surface area contributed by atoms with Gasteiger partial charge in [-0.1, -0.05) is 11.6 Å². The van der Waals surface area contributed by atoms with Crippen LogP contribution in [0.15, 0.2) is 18.2 Å². The van der Waals surface area contributed by atoms with Crippen molar-refractivity contribution in [2.75, 3.05) is 25.1 Å². The number of unbranched alkanes of at least 4 members (excludes halogenated alkanes) is 2. The van der Waals surface area contributed by atoms with E-state index in [0.29, 0.717) is 12.6 Å². The predicted octanol–water partition coefficient (Wildman–Crippen LogP) is 3.19. The molecule has 0 amide bonds. The molecular weight excluding hydrogens is 272 g/mol. The Hall–Kier alpha value is -0.770. The normalized spacial score (nSPS) is 14.6. The maximum absolute atomic E-state index is 8.81. The number of nitrogens with zero attached hydrogens (tertiary/aromatic N) is 1. The first kappa shape index (κ1) is 15.6. The highest BCUT2D eigenvalue weighted by Crippen LogP contribution is 2.26. The molecule has 0 radical (unpaired) electrons. The SMILES string of the molecule is CN(CCCCCO)c1ccc(Cl)cc1CNC1CC1. The molecular formula is C16H25ClN2O. The number of anilines is 1. The number of rotatable bonds is 9. The molecule has 0 aromatic heterocycles. The van der Waals surface area contributed by atoms with Crippen molar-refractivity contribution in [2.24, 2.45) is 0 Å². The molecule has 2 rings (SSSR count). The summed E-state index contributed by atoms with van der Waals surface area (Å²) in [5.41, 5.74) is 2.53. The number of benzene rings is 1. The van der Waals surface area contributed by atoms with E-state index in [0.717, 1.165) is 37.4 Å². The first-order chi connectivity index (χ1) is 9.70. The Balaban J connectivity index is 1.93. The molecule has 1 aliphatic rings. The second kappa shape index (κ2) is 7.87. The number of nitrogens with one attached hydrogen (secondary N) is 1. The Morgan fingerprint density at radius 2 is 2.10 bits per heavy atom. The summed E-state index contributed by atoms with van der Waals surface area (Å²) >= 11 is 6.12. The lowest BCUT2D eigenvalue weighted by Crippen LogP contribution is -2.23. The molecule has 4 heteroatoms. The summed E-state index contributed by atoms with van der Waals surface area (Å²) in [5, 5.41) is 13.2. The molecule has 0 saturated heterocycles. The molecule has 0 unspecified atom stereocenters. The van der Waals surface area contributed by atoms with Gasteiger partial charge in [-0.3, -0.25) is 0 Å². The van der Waals surface area contributed by atoms with Gasteiger partial charge in [-0.15, -0.1) is 0 Å². The van der Waals surface area contributed by atoms with Gasteiger partial charge < -0.3 is 15.3 Å². The minimum atomic E-state index is 0.293. The van der Waals surface area contributed by atoms with E-state index in [1.807, 2.05) is 6.07 Å². The molecule has 3 nitrogen and oxygen atoms in total. The maximum atomic E-state index is 8.81. The lowest BCUT2D eigenvalue weighted by atomic mass is 10.1. The minimum Gasteiger partial charge on any atom is -0.396 e. The Labute approximate surface area is 126 Å². The highest BCUT2D eigenvalue weighted by Gasteiger charge is 2.20. The number of aliphatic hydroxyl groups excluding tert-OH is 1. The fraction of sp³-hybridized carbons (Fsp3) is 0.625. The molecule has 0 heterocycles. The van der Waals surface area contributed by atoms with Gasteiger partial charge >= 0.3 is 0 Å². The van der Waals surface area contributed by atoms with Crippen molar-refractivity contribution in [1.82, 2.24) is 5.32 Å². The summed E-state index contributed by atoms with van der Waals surface area (Å²) in [6.45, 7) is 2.20. The van der Waals surface area contributed by atoms with E-state index >= 15 is 0 Å². The molecule has 20 heavy (non-hydrogen) atoms. The van der Waals surface area contributed by atoms with Gasteiger partial charge in [0, 0.05) is 43.5 Å². The van der Waals surface area contributed by atoms with Crippen LogP contribution < -0.4 is 10.2 Å². The fourth-order valence-corrected chi connectivity index (χ4v) is 2.56. The summed E-state index contributed by atoms with van der Waals surface area (Å²) < 4.78 is 0. The molecule has 0 spiro atoms. The molecule has 1 aliphatic carbocycles. The van der Waals surface area contributed by atoms with Gasteiger partial charge in [0.2, 0.25) is 0 Å². The molecule has 0 atom stereocenters. The first-order valence-electron chi connectivity index (χ1n) is 7.54. The highest BCUT2D eigenvalue weighted by molar-refractivity contribution is 6.30. The quantitative estimate of drug-likeness (QED) is 0.687. The van der Waals surface area contributed by atoms with Gasteiger partial charge in [-0.05, 0) is 55.9 Å². The number of hydrogen-bond acceptors (Lipinski definition) is 3. The molecule has 1 fully saturated rings. The van der Waals surface area contributed by atoms with Crippen LogP contribution in [-0.4, -0.2) is 31.3 Å². The largest absolute Gasteiger partial charge is 0.396 e. The number of hydrogen-bond donors (Lipinski definition) is 2. The zero-order valence-electron chi connectivity index (χ0n) is 12.2. The van der Waals surface area contributed by atoms with Crippen LogP contribution in [0, 0.1) is 0 Å². The van der Waals surface area contributed by atoms with Crippen LogP contribution in [0.25, 0.3) is 0 Å². The van der Waals surface area contributed by atoms with Gasteiger partial charge in [0.25, 0.3) is 0 Å². The van der Waals surface area contributed by atoms with Crippen molar-refractivity contribution in [3.8, 4) is 0 Å². The van der Waals surface area contributed by atoms with Gasteiger partial charge in [-0.2, -0.15) is 0 Å². The summed E-state index contributed by atoms with van der Waals surface area (Å²) in [6.07, 6.45) is 5.67. The van der Waals surface area contributed by atoms with Crippen molar-refractivity contribution in [3.05, 3.63) is 28.8 Å². The van der Waals surface area contributed by atoms with Crippen molar-refractivity contribution in [2.45, 2.75) is 44.7 Å². The summed E-state index contributed by atoms with van der Waals surface area (Å²) in [5.74, 6) is 0. The minimum absolute atomic E-state index is 0.293. The van der Waals surface area contributed by atoms with Crippen LogP contribution in [0.3, 0.4) is 0 Å². The van der Waals surface area contributed by atoms with Gasteiger partial charge in [0.05, 0.1) is 0 Å². The monoisotopic (exact) mass is 296 g/mol. The standard InChI is InChI=1S/C16H25ClN2O/c1-19(9-3-2-4-10-20)16-8-5-14(17)11-13(16)12-18-15-6-7-15/h5,8,11,15,18,20H,2-4,6-7,9-10,12H2,1H3. The van der Waals surface area contributed by atoms with E-state index in [-0.39, 0.29) is 0 Å². The van der Waals surface area contributed by atoms with Gasteiger partial charge in [-0.25, -0.2) is 0 Å². The van der Waals surface area contributed by atoms with Crippen LogP contribution in [0.4, 0.5) is 5.69 Å². The van der Waals surface area contributed by atoms with Crippen LogP contribution in [0.1, 0.15) is 37.7 Å². The molecule has 0 bridgehead atoms. The molecule has 1 aromatic carbocycles. The average Bonchev–Trinajstić information content (AvgIpc) is 3.25. The first-order valence-corrected chi connectivity index (χ1v) is 7.92. The lowest BCUT2D eigenvalue weighted by molar-refractivity contribution is 0.283. The highest BCUT2D eigenvalue weighted by atomic mass is 35.5. The second-order valence-corrected chi connectivity index (χ2v) is 6.07. The van der Waals surface area contributed by atoms with Gasteiger partial charge in [0.1, 0.15) is 0 Å². The number of halogens is 1. The van der Waals surface area contributed by atoms with E-state index in [2.05, 4.69) is 29.4 Å². The van der Waals surface area contributed by atoms with E-state index in [4.69, 9.17) is 16.7 Å². The fourth-order valence-electron chi connectivity index (χ4n) is 2.37. The number of aliphatic hydroxyl groups is 1. The Bertz CT molecular complexity index is 421. The maximum Gasteiger partial charge on any atom is 0.0431 e. The average molecular weight is 297 g/mol. The third kappa shape index (κ3) is 4.97. The molecule has 112 valence electrons. The predicted molar refractivity (Wildman–Crippen MR) is 85.5 cm³/mol. The van der Waals surface area contributed by atoms with E-state index < -0.39 is 0 Å². The van der Waals surface area contributed by atoms with E-state index in [1.165, 1.54) is 24.1 Å². The van der Waals surface area contributed by atoms with Crippen molar-refractivity contribution < 1.29 is 5.11 Å². The zero-order valence-corrected chi connectivity index (χ0v) is 13.0. The Morgan fingerprint density at radius 1 is 1.30 bits per heavy atom. The molecule has 2 N–H and O–H groups in total. The topological polar surface area (TPSA) is 35.5 Å².